The molecule has 0 radical (unpaired) electrons. The van der Waals surface area contributed by atoms with E-state index in [1.165, 1.54) is 5.56 Å². The van der Waals surface area contributed by atoms with Crippen molar-refractivity contribution in [1.29, 1.82) is 0 Å². The second kappa shape index (κ2) is 7.99. The third kappa shape index (κ3) is 4.88. The molecule has 0 saturated carbocycles. The number of ether oxygens (including phenoxy) is 1. The van der Waals surface area contributed by atoms with Crippen LogP contribution in [-0.2, 0) is 13.1 Å². The largest absolute Gasteiger partial charge is 0.493 e. The quantitative estimate of drug-likeness (QED) is 0.806. The van der Waals surface area contributed by atoms with Crippen molar-refractivity contribution in [3.8, 4) is 5.75 Å². The second-order valence-corrected chi connectivity index (χ2v) is 6.05. The van der Waals surface area contributed by atoms with Crippen LogP contribution in [0.15, 0.2) is 36.5 Å². The van der Waals surface area contributed by atoms with Gasteiger partial charge in [0.2, 0.25) is 0 Å². The van der Waals surface area contributed by atoms with Crippen molar-refractivity contribution in [2.45, 2.75) is 46.8 Å². The summed E-state index contributed by atoms with van der Waals surface area (Å²) in [6, 6.07) is 10.6. The Morgan fingerprint density at radius 3 is 2.73 bits per heavy atom. The normalized spacial score (nSPS) is 12.6. The van der Waals surface area contributed by atoms with Crippen molar-refractivity contribution in [2.24, 2.45) is 5.92 Å². The SMILES string of the molecule is CCn1ccc(C(C)NCc2cccc(OCC(C)C)c2)n1. The molecule has 1 aromatic heterocycles. The summed E-state index contributed by atoms with van der Waals surface area (Å²) in [4.78, 5) is 0. The Balaban J connectivity index is 1.89. The number of aromatic nitrogens is 2. The Labute approximate surface area is 133 Å². The van der Waals surface area contributed by atoms with Crippen LogP contribution in [-0.4, -0.2) is 16.4 Å². The molecule has 2 aromatic rings. The average molecular weight is 301 g/mol. The minimum absolute atomic E-state index is 0.230. The summed E-state index contributed by atoms with van der Waals surface area (Å²) in [6.45, 7) is 11.0. The van der Waals surface area contributed by atoms with E-state index in [-0.39, 0.29) is 6.04 Å². The van der Waals surface area contributed by atoms with E-state index in [0.29, 0.717) is 5.92 Å². The van der Waals surface area contributed by atoms with E-state index in [1.807, 2.05) is 23.0 Å². The molecular weight excluding hydrogens is 274 g/mol. The predicted octanol–water partition coefficient (Wildman–Crippen LogP) is 3.79. The molecule has 0 amide bonds. The summed E-state index contributed by atoms with van der Waals surface area (Å²) in [5.41, 5.74) is 2.30. The van der Waals surface area contributed by atoms with Gasteiger partial charge >= 0.3 is 0 Å². The molecule has 1 N–H and O–H groups in total. The third-order valence-corrected chi connectivity index (χ3v) is 3.52. The van der Waals surface area contributed by atoms with Gasteiger partial charge in [-0.2, -0.15) is 5.10 Å². The monoisotopic (exact) mass is 301 g/mol. The van der Waals surface area contributed by atoms with Crippen molar-refractivity contribution in [3.05, 3.63) is 47.8 Å². The first-order chi connectivity index (χ1) is 10.6. The lowest BCUT2D eigenvalue weighted by Crippen LogP contribution is -2.19. The Bertz CT molecular complexity index is 577. The number of nitrogens with zero attached hydrogens (tertiary/aromatic N) is 2. The van der Waals surface area contributed by atoms with Gasteiger partial charge < -0.3 is 10.1 Å². The molecule has 0 aliphatic rings. The van der Waals surface area contributed by atoms with Crippen molar-refractivity contribution in [2.75, 3.05) is 6.61 Å². The number of nitrogens with one attached hydrogen (secondary N) is 1. The highest BCUT2D eigenvalue weighted by molar-refractivity contribution is 5.28. The van der Waals surface area contributed by atoms with Crippen molar-refractivity contribution < 1.29 is 4.74 Å². The van der Waals surface area contributed by atoms with E-state index < -0.39 is 0 Å². The van der Waals surface area contributed by atoms with Gasteiger partial charge in [0.1, 0.15) is 5.75 Å². The van der Waals surface area contributed by atoms with E-state index in [1.54, 1.807) is 0 Å². The predicted molar refractivity (Wildman–Crippen MR) is 89.9 cm³/mol. The lowest BCUT2D eigenvalue weighted by molar-refractivity contribution is 0.271. The average Bonchev–Trinajstić information content (AvgIpc) is 3.00. The molecule has 2 rings (SSSR count). The van der Waals surface area contributed by atoms with Crippen LogP contribution >= 0.6 is 0 Å². The first-order valence-electron chi connectivity index (χ1n) is 8.07. The van der Waals surface area contributed by atoms with E-state index in [0.717, 1.165) is 31.1 Å². The van der Waals surface area contributed by atoms with Crippen LogP contribution in [0.4, 0.5) is 0 Å². The van der Waals surface area contributed by atoms with Crippen LogP contribution in [0.5, 0.6) is 5.75 Å². The van der Waals surface area contributed by atoms with Gasteiger partial charge in [0.15, 0.2) is 0 Å². The second-order valence-electron chi connectivity index (χ2n) is 6.05. The first-order valence-corrected chi connectivity index (χ1v) is 8.07. The molecule has 0 aliphatic heterocycles. The molecule has 4 nitrogen and oxygen atoms in total. The Hall–Kier alpha value is -1.81. The molecule has 1 atom stereocenters. The van der Waals surface area contributed by atoms with Gasteiger partial charge in [-0.1, -0.05) is 26.0 Å². The van der Waals surface area contributed by atoms with Crippen LogP contribution in [0.2, 0.25) is 0 Å². The Kier molecular flexibility index (Phi) is 6.01. The maximum Gasteiger partial charge on any atom is 0.119 e. The molecule has 0 spiro atoms. The molecule has 1 aromatic carbocycles. The van der Waals surface area contributed by atoms with Gasteiger partial charge in [-0.15, -0.1) is 0 Å². The van der Waals surface area contributed by atoms with Crippen LogP contribution in [0.25, 0.3) is 0 Å². The van der Waals surface area contributed by atoms with Gasteiger partial charge in [-0.25, -0.2) is 0 Å². The van der Waals surface area contributed by atoms with Gasteiger partial charge in [-0.05, 0) is 43.5 Å². The molecule has 1 unspecified atom stereocenters. The maximum atomic E-state index is 5.77. The molecule has 22 heavy (non-hydrogen) atoms. The molecule has 0 saturated heterocycles. The van der Waals surface area contributed by atoms with Gasteiger partial charge in [-0.3, -0.25) is 4.68 Å². The summed E-state index contributed by atoms with van der Waals surface area (Å²) in [5, 5.41) is 8.05. The van der Waals surface area contributed by atoms with Crippen molar-refractivity contribution >= 4 is 0 Å². The zero-order valence-corrected chi connectivity index (χ0v) is 14.0. The van der Waals surface area contributed by atoms with Gasteiger partial charge in [0, 0.05) is 25.3 Å². The van der Waals surface area contributed by atoms with Gasteiger partial charge in [0.05, 0.1) is 12.3 Å². The molecular formula is C18H27N3O. The molecule has 1 heterocycles. The summed E-state index contributed by atoms with van der Waals surface area (Å²) in [6.07, 6.45) is 2.02. The minimum Gasteiger partial charge on any atom is -0.493 e. The summed E-state index contributed by atoms with van der Waals surface area (Å²) in [7, 11) is 0. The number of benzene rings is 1. The van der Waals surface area contributed by atoms with E-state index in [4.69, 9.17) is 4.74 Å². The fourth-order valence-corrected chi connectivity index (χ4v) is 2.17. The fraction of sp³-hybridized carbons (Fsp3) is 0.500. The summed E-state index contributed by atoms with van der Waals surface area (Å²) in [5.74, 6) is 1.48. The zero-order chi connectivity index (χ0) is 15.9. The van der Waals surface area contributed by atoms with E-state index in [9.17, 15) is 0 Å². The number of hydrogen-bond acceptors (Lipinski definition) is 3. The molecule has 120 valence electrons. The molecule has 0 aliphatic carbocycles. The Morgan fingerprint density at radius 1 is 1.23 bits per heavy atom. The number of aryl methyl sites for hydroxylation is 1. The lowest BCUT2D eigenvalue weighted by atomic mass is 10.2. The van der Waals surface area contributed by atoms with Crippen LogP contribution in [0.1, 0.15) is 45.0 Å². The molecule has 0 fully saturated rings. The lowest BCUT2D eigenvalue weighted by Gasteiger charge is -2.13. The highest BCUT2D eigenvalue weighted by Crippen LogP contribution is 2.16. The van der Waals surface area contributed by atoms with Crippen molar-refractivity contribution in [3.63, 3.8) is 0 Å². The fourth-order valence-electron chi connectivity index (χ4n) is 2.17. The maximum absolute atomic E-state index is 5.77. The minimum atomic E-state index is 0.230. The summed E-state index contributed by atoms with van der Waals surface area (Å²) >= 11 is 0. The van der Waals surface area contributed by atoms with Crippen molar-refractivity contribution in [1.82, 2.24) is 15.1 Å². The van der Waals surface area contributed by atoms with E-state index >= 15 is 0 Å². The highest BCUT2D eigenvalue weighted by atomic mass is 16.5. The van der Waals surface area contributed by atoms with Crippen LogP contribution in [0, 0.1) is 5.92 Å². The third-order valence-electron chi connectivity index (χ3n) is 3.52. The van der Waals surface area contributed by atoms with E-state index in [2.05, 4.69) is 56.3 Å². The summed E-state index contributed by atoms with van der Waals surface area (Å²) < 4.78 is 7.73. The first kappa shape index (κ1) is 16.6. The standard InChI is InChI=1S/C18H27N3O/c1-5-21-10-9-18(20-21)15(4)19-12-16-7-6-8-17(11-16)22-13-14(2)3/h6-11,14-15,19H,5,12-13H2,1-4H3. The Morgan fingerprint density at radius 2 is 2.05 bits per heavy atom. The number of hydrogen-bond donors (Lipinski definition) is 1. The molecule has 4 heteroatoms. The highest BCUT2D eigenvalue weighted by Gasteiger charge is 2.08. The van der Waals surface area contributed by atoms with Gasteiger partial charge in [0.25, 0.3) is 0 Å². The number of rotatable bonds is 8. The molecule has 0 bridgehead atoms. The zero-order valence-electron chi connectivity index (χ0n) is 14.0. The topological polar surface area (TPSA) is 39.1 Å². The van der Waals surface area contributed by atoms with Crippen LogP contribution < -0.4 is 10.1 Å². The smallest absolute Gasteiger partial charge is 0.119 e. The van der Waals surface area contributed by atoms with Crippen LogP contribution in [0.3, 0.4) is 0 Å².